The number of carbonyl (C=O) groups excluding carboxylic acids is 1. The Balaban J connectivity index is 1.70. The van der Waals surface area contributed by atoms with Gasteiger partial charge in [0.15, 0.2) is 17.0 Å². The molecule has 0 fully saturated rings. The van der Waals surface area contributed by atoms with Gasteiger partial charge < -0.3 is 14.4 Å². The van der Waals surface area contributed by atoms with Gasteiger partial charge >= 0.3 is 0 Å². The largest absolute Gasteiger partial charge is 0.493 e. The molecule has 0 radical (unpaired) electrons. The fraction of sp³-hybridized carbons (Fsp3) is 0.269. The Morgan fingerprint density at radius 1 is 1.00 bits per heavy atom. The van der Waals surface area contributed by atoms with E-state index in [-0.39, 0.29) is 11.7 Å². The van der Waals surface area contributed by atoms with E-state index in [0.29, 0.717) is 24.6 Å². The van der Waals surface area contributed by atoms with E-state index in [9.17, 15) is 9.18 Å². The van der Waals surface area contributed by atoms with Crippen LogP contribution in [0.4, 0.5) is 10.1 Å². The van der Waals surface area contributed by atoms with Crippen molar-refractivity contribution in [2.75, 3.05) is 25.7 Å². The molecule has 0 aliphatic carbocycles. The number of methoxy groups -OCH3 is 2. The number of hydrogen-bond donors (Lipinski definition) is 1. The summed E-state index contributed by atoms with van der Waals surface area (Å²) in [7, 11) is 3.22. The van der Waals surface area contributed by atoms with E-state index in [2.05, 4.69) is 11.4 Å². The normalized spacial score (nSPS) is 19.1. The van der Waals surface area contributed by atoms with E-state index in [1.54, 1.807) is 31.3 Å². The number of carbonyl (C=O) groups is 1. The summed E-state index contributed by atoms with van der Waals surface area (Å²) in [6.07, 6.45) is 0.782. The molecule has 5 nitrogen and oxygen atoms in total. The fourth-order valence-corrected chi connectivity index (χ4v) is 4.93. The van der Waals surface area contributed by atoms with Crippen LogP contribution in [0.5, 0.6) is 11.5 Å². The van der Waals surface area contributed by atoms with Crippen molar-refractivity contribution in [1.29, 1.82) is 0 Å². The summed E-state index contributed by atoms with van der Waals surface area (Å²) in [5.41, 5.74) is 4.68. The van der Waals surface area contributed by atoms with Crippen molar-refractivity contribution in [3.8, 4) is 11.5 Å². The van der Waals surface area contributed by atoms with E-state index in [4.69, 9.17) is 9.47 Å². The summed E-state index contributed by atoms with van der Waals surface area (Å²) < 4.78 is 24.5. The van der Waals surface area contributed by atoms with Crippen LogP contribution in [0.1, 0.15) is 27.8 Å². The first-order valence-corrected chi connectivity index (χ1v) is 10.7. The van der Waals surface area contributed by atoms with Gasteiger partial charge in [-0.2, -0.15) is 0 Å². The number of fused-ring (bicyclic) bond motifs is 4. The first-order chi connectivity index (χ1) is 15.5. The summed E-state index contributed by atoms with van der Waals surface area (Å²) in [4.78, 5) is 15.9. The molecule has 2 heterocycles. The quantitative estimate of drug-likeness (QED) is 0.675. The highest BCUT2D eigenvalue weighted by Crippen LogP contribution is 2.49. The minimum atomic E-state index is -1.01. The Labute approximate surface area is 186 Å². The predicted octanol–water partition coefficient (Wildman–Crippen LogP) is 4.09. The zero-order chi connectivity index (χ0) is 22.5. The Bertz CT molecular complexity index is 1210. The number of benzene rings is 3. The summed E-state index contributed by atoms with van der Waals surface area (Å²) in [5.74, 6) is 0.906. The molecule has 164 valence electrons. The molecule has 1 atom stereocenters. The van der Waals surface area contributed by atoms with E-state index >= 15 is 0 Å². The van der Waals surface area contributed by atoms with E-state index < -0.39 is 5.54 Å². The van der Waals surface area contributed by atoms with Crippen LogP contribution in [-0.4, -0.2) is 26.7 Å². The number of nitrogens with zero attached hydrogens (tertiary/aromatic N) is 1. The smallest absolute Gasteiger partial charge is 0.256 e. The number of anilines is 1. The molecule has 0 saturated heterocycles. The average molecular weight is 432 g/mol. The Morgan fingerprint density at radius 3 is 2.44 bits per heavy atom. The van der Waals surface area contributed by atoms with Gasteiger partial charge in [-0.1, -0.05) is 29.8 Å². The maximum Gasteiger partial charge on any atom is 0.256 e. The molecular formula is C26H25FN2O3. The molecule has 1 spiro atoms. The molecule has 2 aliphatic heterocycles. The van der Waals surface area contributed by atoms with Crippen LogP contribution in [0, 0.1) is 12.7 Å². The maximum absolute atomic E-state index is 14.2. The van der Waals surface area contributed by atoms with Crippen molar-refractivity contribution in [1.82, 2.24) is 5.32 Å². The summed E-state index contributed by atoms with van der Waals surface area (Å²) in [6.45, 7) is 3.05. The summed E-state index contributed by atoms with van der Waals surface area (Å²) in [5, 5.41) is 3.55. The van der Waals surface area contributed by atoms with Gasteiger partial charge in [0.1, 0.15) is 5.82 Å². The van der Waals surface area contributed by atoms with Crippen LogP contribution in [0.2, 0.25) is 0 Å². The molecule has 32 heavy (non-hydrogen) atoms. The number of hydrogen-bond acceptors (Lipinski definition) is 4. The zero-order valence-electron chi connectivity index (χ0n) is 18.4. The number of rotatable bonds is 4. The first-order valence-electron chi connectivity index (χ1n) is 10.7. The standard InChI is InChI=1S/C26H25FN2O3/c1-16-4-9-22-21(12-16)26(25(30)29(22)15-17-5-7-19(27)8-6-17)20-14-24(32-3)23(31-2)13-18(20)10-11-28-26/h4-9,12-14,28H,10-11,15H2,1-3H3. The van der Waals surface area contributed by atoms with Crippen LogP contribution >= 0.6 is 0 Å². The van der Waals surface area contributed by atoms with E-state index in [1.165, 1.54) is 12.1 Å². The van der Waals surface area contributed by atoms with Gasteiger partial charge in [0.05, 0.1) is 26.5 Å². The second-order valence-corrected chi connectivity index (χ2v) is 8.33. The monoisotopic (exact) mass is 432 g/mol. The van der Waals surface area contributed by atoms with E-state index in [1.807, 2.05) is 31.2 Å². The second-order valence-electron chi connectivity index (χ2n) is 8.33. The van der Waals surface area contributed by atoms with Crippen molar-refractivity contribution in [2.45, 2.75) is 25.4 Å². The van der Waals surface area contributed by atoms with Crippen LogP contribution < -0.4 is 19.7 Å². The minimum Gasteiger partial charge on any atom is -0.493 e. The fourth-order valence-electron chi connectivity index (χ4n) is 4.93. The van der Waals surface area contributed by atoms with E-state index in [0.717, 1.165) is 39.9 Å². The summed E-state index contributed by atoms with van der Waals surface area (Å²) in [6, 6.07) is 16.3. The van der Waals surface area contributed by atoms with Crippen molar-refractivity contribution in [3.05, 3.63) is 88.2 Å². The Kier molecular flexibility index (Phi) is 4.90. The zero-order valence-corrected chi connectivity index (χ0v) is 18.4. The van der Waals surface area contributed by atoms with Gasteiger partial charge in [-0.25, -0.2) is 4.39 Å². The minimum absolute atomic E-state index is 0.0457. The Morgan fingerprint density at radius 2 is 1.72 bits per heavy atom. The topological polar surface area (TPSA) is 50.8 Å². The molecule has 5 rings (SSSR count). The number of amides is 1. The van der Waals surface area contributed by atoms with Gasteiger partial charge in [0.2, 0.25) is 0 Å². The molecule has 0 saturated carbocycles. The molecule has 1 N–H and O–H groups in total. The van der Waals surface area contributed by atoms with Gasteiger partial charge in [0.25, 0.3) is 5.91 Å². The lowest BCUT2D eigenvalue weighted by Gasteiger charge is -2.37. The van der Waals surface area contributed by atoms with Crippen molar-refractivity contribution < 1.29 is 18.7 Å². The highest BCUT2D eigenvalue weighted by molar-refractivity contribution is 6.10. The molecule has 2 aliphatic rings. The lowest BCUT2D eigenvalue weighted by Crippen LogP contribution is -2.54. The highest BCUT2D eigenvalue weighted by atomic mass is 19.1. The maximum atomic E-state index is 14.2. The second kappa shape index (κ2) is 7.64. The Hall–Kier alpha value is -3.38. The lowest BCUT2D eigenvalue weighted by atomic mass is 9.77. The molecule has 0 bridgehead atoms. The number of aryl methyl sites for hydroxylation is 1. The van der Waals surface area contributed by atoms with Crippen molar-refractivity contribution >= 4 is 11.6 Å². The van der Waals surface area contributed by atoms with Crippen LogP contribution in [0.15, 0.2) is 54.6 Å². The molecule has 1 unspecified atom stereocenters. The van der Waals surface area contributed by atoms with Crippen molar-refractivity contribution in [3.63, 3.8) is 0 Å². The van der Waals surface area contributed by atoms with Crippen molar-refractivity contribution in [2.24, 2.45) is 0 Å². The van der Waals surface area contributed by atoms with Crippen LogP contribution in [0.25, 0.3) is 0 Å². The number of halogens is 1. The first kappa shape index (κ1) is 20.5. The third kappa shape index (κ3) is 2.98. The molecule has 6 heteroatoms. The third-order valence-corrected chi connectivity index (χ3v) is 6.46. The van der Waals surface area contributed by atoms with Gasteiger partial charge in [-0.3, -0.25) is 10.1 Å². The lowest BCUT2D eigenvalue weighted by molar-refractivity contribution is -0.123. The van der Waals surface area contributed by atoms with Gasteiger partial charge in [0, 0.05) is 12.1 Å². The predicted molar refractivity (Wildman–Crippen MR) is 121 cm³/mol. The van der Waals surface area contributed by atoms with Gasteiger partial charge in [-0.05, 0) is 60.4 Å². The number of nitrogens with one attached hydrogen (secondary N) is 1. The molecule has 3 aromatic rings. The molecular weight excluding hydrogens is 407 g/mol. The molecule has 1 amide bonds. The third-order valence-electron chi connectivity index (χ3n) is 6.46. The highest BCUT2D eigenvalue weighted by Gasteiger charge is 2.54. The molecule has 3 aromatic carbocycles. The van der Waals surface area contributed by atoms with Gasteiger partial charge in [-0.15, -0.1) is 0 Å². The van der Waals surface area contributed by atoms with Crippen LogP contribution in [-0.2, 0) is 23.3 Å². The number of ether oxygens (including phenoxy) is 2. The SMILES string of the molecule is COc1cc2c(cc1OC)C1(NCC2)C(=O)N(Cc2ccc(F)cc2)c2ccc(C)cc21. The van der Waals surface area contributed by atoms with Crippen LogP contribution in [0.3, 0.4) is 0 Å². The summed E-state index contributed by atoms with van der Waals surface area (Å²) >= 11 is 0. The average Bonchev–Trinajstić information content (AvgIpc) is 3.02. The molecule has 0 aromatic heterocycles.